The summed E-state index contributed by atoms with van der Waals surface area (Å²) in [6.07, 6.45) is 7.38. The Kier molecular flexibility index (Phi) is 2.36. The number of aromatic nitrogens is 4. The van der Waals surface area contributed by atoms with Crippen LogP contribution in [0.4, 0.5) is 0 Å². The highest BCUT2D eigenvalue weighted by molar-refractivity contribution is 5.15. The van der Waals surface area contributed by atoms with Gasteiger partial charge in [-0.2, -0.15) is 5.21 Å². The monoisotopic (exact) mass is 220 g/mol. The molecule has 0 radical (unpaired) electrons. The molecule has 1 saturated carbocycles. The van der Waals surface area contributed by atoms with Crippen molar-refractivity contribution in [2.24, 2.45) is 0 Å². The average Bonchev–Trinajstić information content (AvgIpc) is 2.97. The largest absolute Gasteiger partial charge is 0.309 e. The van der Waals surface area contributed by atoms with Crippen LogP contribution in [0.15, 0.2) is 11.8 Å². The quantitative estimate of drug-likeness (QED) is 0.775. The first-order chi connectivity index (χ1) is 7.84. The molecular weight excluding hydrogens is 204 g/mol. The van der Waals surface area contributed by atoms with Gasteiger partial charge in [0.15, 0.2) is 5.82 Å². The van der Waals surface area contributed by atoms with Crippen molar-refractivity contribution in [2.75, 3.05) is 0 Å². The molecule has 6 nitrogen and oxygen atoms in total. The molecule has 0 saturated heterocycles. The fourth-order valence-corrected chi connectivity index (χ4v) is 2.60. The molecule has 16 heavy (non-hydrogen) atoms. The Balaban J connectivity index is 1.74. The number of nitrogens with zero attached hydrogens (tertiary/aromatic N) is 4. The first kappa shape index (κ1) is 9.77. The predicted octanol–water partition coefficient (Wildman–Crippen LogP) is 0.907. The molecule has 1 aromatic rings. The first-order valence-electron chi connectivity index (χ1n) is 5.82. The second-order valence-electron chi connectivity index (χ2n) is 4.49. The lowest BCUT2D eigenvalue weighted by Gasteiger charge is -2.28. The summed E-state index contributed by atoms with van der Waals surface area (Å²) in [5.74, 6) is 0.708. The van der Waals surface area contributed by atoms with Crippen LogP contribution in [0.25, 0.3) is 0 Å². The molecule has 1 aliphatic carbocycles. The molecule has 3 rings (SSSR count). The van der Waals surface area contributed by atoms with E-state index in [1.54, 1.807) is 0 Å². The summed E-state index contributed by atoms with van der Waals surface area (Å²) >= 11 is 0. The van der Waals surface area contributed by atoms with Crippen LogP contribution in [0.5, 0.6) is 0 Å². The average molecular weight is 220 g/mol. The van der Waals surface area contributed by atoms with Crippen molar-refractivity contribution in [3.63, 3.8) is 0 Å². The summed E-state index contributed by atoms with van der Waals surface area (Å²) in [7, 11) is 0. The van der Waals surface area contributed by atoms with Crippen LogP contribution >= 0.6 is 0 Å². The van der Waals surface area contributed by atoms with Crippen LogP contribution in [0, 0.1) is 0 Å². The number of hydrogen-bond acceptors (Lipinski definition) is 5. The van der Waals surface area contributed by atoms with Crippen molar-refractivity contribution in [2.45, 2.75) is 44.7 Å². The number of tetrazole rings is 1. The van der Waals surface area contributed by atoms with Crippen molar-refractivity contribution in [3.8, 4) is 0 Å². The highest BCUT2D eigenvalue weighted by atomic mass is 15.6. The summed E-state index contributed by atoms with van der Waals surface area (Å²) in [6, 6.07) is 0.701. The predicted molar refractivity (Wildman–Crippen MR) is 57.9 cm³/mol. The highest BCUT2D eigenvalue weighted by Crippen LogP contribution is 2.30. The standard InChI is InChI=1S/C10H16N6/c1-7-6-9(10-11-14-15-12-10)13-16(7)8-4-2-3-5-8/h6,8-9,13H,2-5H2,1H3,(H,11,12,14,15). The first-order valence-corrected chi connectivity index (χ1v) is 5.82. The number of aromatic amines is 1. The summed E-state index contributed by atoms with van der Waals surface area (Å²) in [6.45, 7) is 2.13. The van der Waals surface area contributed by atoms with Crippen LogP contribution in [0.1, 0.15) is 44.5 Å². The van der Waals surface area contributed by atoms with Gasteiger partial charge in [0.25, 0.3) is 0 Å². The van der Waals surface area contributed by atoms with E-state index in [1.165, 1.54) is 31.4 Å². The summed E-state index contributed by atoms with van der Waals surface area (Å²) in [5.41, 5.74) is 4.71. The Hall–Kier alpha value is -1.43. The zero-order valence-corrected chi connectivity index (χ0v) is 9.35. The molecule has 2 heterocycles. The smallest absolute Gasteiger partial charge is 0.197 e. The fourth-order valence-electron chi connectivity index (χ4n) is 2.60. The molecule has 0 spiro atoms. The third-order valence-electron chi connectivity index (χ3n) is 3.40. The normalized spacial score (nSPS) is 26.4. The summed E-state index contributed by atoms with van der Waals surface area (Å²) in [4.78, 5) is 0. The van der Waals surface area contributed by atoms with E-state index in [0.29, 0.717) is 11.9 Å². The van der Waals surface area contributed by atoms with E-state index in [0.717, 1.165) is 0 Å². The van der Waals surface area contributed by atoms with Crippen LogP contribution in [-0.2, 0) is 0 Å². The Morgan fingerprint density at radius 2 is 2.19 bits per heavy atom. The molecule has 0 bridgehead atoms. The molecule has 1 atom stereocenters. The molecule has 2 aliphatic rings. The maximum atomic E-state index is 4.01. The molecule has 1 fully saturated rings. The van der Waals surface area contributed by atoms with Crippen LogP contribution in [-0.4, -0.2) is 31.7 Å². The van der Waals surface area contributed by atoms with Gasteiger partial charge in [-0.1, -0.05) is 18.1 Å². The molecule has 0 aromatic carbocycles. The fraction of sp³-hybridized carbons (Fsp3) is 0.700. The van der Waals surface area contributed by atoms with Gasteiger partial charge in [-0.15, -0.1) is 10.2 Å². The van der Waals surface area contributed by atoms with Gasteiger partial charge in [-0.3, -0.25) is 0 Å². The molecule has 2 N–H and O–H groups in total. The van der Waals surface area contributed by atoms with Gasteiger partial charge < -0.3 is 5.01 Å². The van der Waals surface area contributed by atoms with Gasteiger partial charge in [0.05, 0.1) is 0 Å². The van der Waals surface area contributed by atoms with Gasteiger partial charge in [0.2, 0.25) is 0 Å². The second kappa shape index (κ2) is 3.86. The zero-order valence-electron chi connectivity index (χ0n) is 9.35. The van der Waals surface area contributed by atoms with Gasteiger partial charge in [0, 0.05) is 11.7 Å². The van der Waals surface area contributed by atoms with Crippen LogP contribution in [0.2, 0.25) is 0 Å². The lowest BCUT2D eigenvalue weighted by Crippen LogP contribution is -2.40. The van der Waals surface area contributed by atoms with Crippen molar-refractivity contribution in [1.29, 1.82) is 0 Å². The second-order valence-corrected chi connectivity index (χ2v) is 4.49. The van der Waals surface area contributed by atoms with E-state index < -0.39 is 0 Å². The van der Waals surface area contributed by atoms with Gasteiger partial charge in [0.1, 0.15) is 6.04 Å². The van der Waals surface area contributed by atoms with Crippen molar-refractivity contribution >= 4 is 0 Å². The van der Waals surface area contributed by atoms with Crippen LogP contribution in [0.3, 0.4) is 0 Å². The van der Waals surface area contributed by atoms with Gasteiger partial charge in [-0.05, 0) is 25.8 Å². The Labute approximate surface area is 94.1 Å². The minimum Gasteiger partial charge on any atom is -0.309 e. The van der Waals surface area contributed by atoms with Gasteiger partial charge >= 0.3 is 0 Å². The van der Waals surface area contributed by atoms with E-state index in [2.05, 4.69) is 44.1 Å². The number of nitrogens with one attached hydrogen (secondary N) is 2. The molecular formula is C10H16N6. The Bertz CT molecular complexity index is 378. The number of rotatable bonds is 2. The molecule has 1 aliphatic heterocycles. The lowest BCUT2D eigenvalue weighted by atomic mass is 10.2. The van der Waals surface area contributed by atoms with Gasteiger partial charge in [-0.25, -0.2) is 5.43 Å². The molecule has 1 aromatic heterocycles. The SMILES string of the molecule is CC1=CC(c2nn[nH]n2)NN1C1CCCC1. The van der Waals surface area contributed by atoms with Crippen molar-refractivity contribution in [1.82, 2.24) is 31.1 Å². The summed E-state index contributed by atoms with van der Waals surface area (Å²) in [5, 5.41) is 16.4. The van der Waals surface area contributed by atoms with E-state index in [4.69, 9.17) is 0 Å². The highest BCUT2D eigenvalue weighted by Gasteiger charge is 2.30. The third-order valence-corrected chi connectivity index (χ3v) is 3.40. The van der Waals surface area contributed by atoms with E-state index in [-0.39, 0.29) is 6.04 Å². The van der Waals surface area contributed by atoms with E-state index in [1.807, 2.05) is 0 Å². The van der Waals surface area contributed by atoms with E-state index in [9.17, 15) is 0 Å². The topological polar surface area (TPSA) is 69.7 Å². The maximum Gasteiger partial charge on any atom is 0.197 e. The molecule has 0 amide bonds. The van der Waals surface area contributed by atoms with Crippen LogP contribution < -0.4 is 5.43 Å². The van der Waals surface area contributed by atoms with Crippen molar-refractivity contribution < 1.29 is 0 Å². The maximum absolute atomic E-state index is 4.01. The minimum atomic E-state index is 0.0688. The lowest BCUT2D eigenvalue weighted by molar-refractivity contribution is 0.182. The molecule has 1 unspecified atom stereocenters. The Morgan fingerprint density at radius 1 is 1.38 bits per heavy atom. The summed E-state index contributed by atoms with van der Waals surface area (Å²) < 4.78 is 0. The third kappa shape index (κ3) is 1.59. The number of allylic oxidation sites excluding steroid dienone is 1. The zero-order chi connectivity index (χ0) is 11.0. The van der Waals surface area contributed by atoms with Crippen molar-refractivity contribution in [3.05, 3.63) is 17.6 Å². The number of hydrogen-bond donors (Lipinski definition) is 2. The molecule has 6 heteroatoms. The minimum absolute atomic E-state index is 0.0688. The number of hydrazine groups is 1. The Morgan fingerprint density at radius 3 is 2.88 bits per heavy atom. The van der Waals surface area contributed by atoms with E-state index >= 15 is 0 Å². The number of H-pyrrole nitrogens is 1. The molecule has 86 valence electrons.